The van der Waals surface area contributed by atoms with Crippen LogP contribution in [-0.4, -0.2) is 83.8 Å². The SMILES string of the molecule is CN=C(NCC(=O)N1CCCCC1)N1CC(=O)N(C(C)C)C(C)(C)C1. The van der Waals surface area contributed by atoms with Gasteiger partial charge in [-0.25, -0.2) is 0 Å². The van der Waals surface area contributed by atoms with Crippen molar-refractivity contribution in [2.45, 2.75) is 58.5 Å². The van der Waals surface area contributed by atoms with Crippen LogP contribution in [0.2, 0.25) is 0 Å². The van der Waals surface area contributed by atoms with Crippen LogP contribution in [0.1, 0.15) is 47.0 Å². The van der Waals surface area contributed by atoms with Gasteiger partial charge in [0.15, 0.2) is 5.96 Å². The standard InChI is InChI=1S/C18H33N5O2/c1-14(2)23-16(25)12-22(13-18(23,3)4)17(19-5)20-11-15(24)21-9-7-6-8-10-21/h14H,6-13H2,1-5H3,(H,19,20). The minimum atomic E-state index is -0.280. The van der Waals surface area contributed by atoms with Crippen LogP contribution in [0, 0.1) is 0 Å². The molecule has 0 atom stereocenters. The molecule has 0 aromatic carbocycles. The molecule has 2 aliphatic heterocycles. The van der Waals surface area contributed by atoms with E-state index in [1.54, 1.807) is 7.05 Å². The maximum atomic E-state index is 12.6. The second-order valence-corrected chi connectivity index (χ2v) is 7.87. The number of aliphatic imine (C=N–C) groups is 1. The summed E-state index contributed by atoms with van der Waals surface area (Å²) in [6, 6.07) is 0.167. The highest BCUT2D eigenvalue weighted by Gasteiger charge is 2.40. The van der Waals surface area contributed by atoms with Crippen molar-refractivity contribution in [1.82, 2.24) is 20.0 Å². The van der Waals surface area contributed by atoms with Gasteiger partial charge in [0.25, 0.3) is 0 Å². The monoisotopic (exact) mass is 351 g/mol. The number of nitrogens with zero attached hydrogens (tertiary/aromatic N) is 4. The topological polar surface area (TPSA) is 68.2 Å². The molecule has 2 rings (SSSR count). The van der Waals surface area contributed by atoms with Gasteiger partial charge in [0.1, 0.15) is 0 Å². The Morgan fingerprint density at radius 2 is 1.84 bits per heavy atom. The Bertz CT molecular complexity index is 524. The first-order valence-corrected chi connectivity index (χ1v) is 9.32. The second-order valence-electron chi connectivity index (χ2n) is 7.87. The van der Waals surface area contributed by atoms with Crippen LogP contribution >= 0.6 is 0 Å². The van der Waals surface area contributed by atoms with Crippen LogP contribution in [0.25, 0.3) is 0 Å². The summed E-state index contributed by atoms with van der Waals surface area (Å²) in [4.78, 5) is 35.0. The van der Waals surface area contributed by atoms with Gasteiger partial charge in [0.2, 0.25) is 11.8 Å². The maximum Gasteiger partial charge on any atom is 0.242 e. The third-order valence-electron chi connectivity index (χ3n) is 4.96. The lowest BCUT2D eigenvalue weighted by atomic mass is 9.96. The summed E-state index contributed by atoms with van der Waals surface area (Å²) < 4.78 is 0. The number of guanidine groups is 1. The molecule has 0 bridgehead atoms. The lowest BCUT2D eigenvalue weighted by molar-refractivity contribution is -0.145. The molecular weight excluding hydrogens is 318 g/mol. The fourth-order valence-corrected chi connectivity index (χ4v) is 4.05. The Morgan fingerprint density at radius 3 is 2.36 bits per heavy atom. The molecule has 2 saturated heterocycles. The smallest absolute Gasteiger partial charge is 0.242 e. The predicted octanol–water partition coefficient (Wildman–Crippen LogP) is 0.906. The molecule has 2 heterocycles. The first-order valence-electron chi connectivity index (χ1n) is 9.32. The normalized spacial score (nSPS) is 21.8. The van der Waals surface area contributed by atoms with E-state index in [1.807, 2.05) is 28.5 Å². The Labute approximate surface area is 151 Å². The van der Waals surface area contributed by atoms with Crippen LogP contribution in [-0.2, 0) is 9.59 Å². The summed E-state index contributed by atoms with van der Waals surface area (Å²) >= 11 is 0. The van der Waals surface area contributed by atoms with Gasteiger partial charge in [-0.3, -0.25) is 14.6 Å². The Hall–Kier alpha value is -1.79. The minimum Gasteiger partial charge on any atom is -0.347 e. The largest absolute Gasteiger partial charge is 0.347 e. The number of piperidine rings is 1. The van der Waals surface area contributed by atoms with E-state index in [4.69, 9.17) is 0 Å². The molecule has 2 amide bonds. The third-order valence-corrected chi connectivity index (χ3v) is 4.96. The van der Waals surface area contributed by atoms with Gasteiger partial charge < -0.3 is 20.0 Å². The molecule has 142 valence electrons. The van der Waals surface area contributed by atoms with Crippen molar-refractivity contribution >= 4 is 17.8 Å². The van der Waals surface area contributed by atoms with E-state index in [2.05, 4.69) is 24.2 Å². The third kappa shape index (κ3) is 4.64. The van der Waals surface area contributed by atoms with Gasteiger partial charge in [-0.05, 0) is 47.0 Å². The number of piperazine rings is 1. The molecule has 0 spiro atoms. The second kappa shape index (κ2) is 8.06. The highest BCUT2D eigenvalue weighted by Crippen LogP contribution is 2.24. The molecule has 0 aliphatic carbocycles. The van der Waals surface area contributed by atoms with Crippen LogP contribution in [0.15, 0.2) is 4.99 Å². The van der Waals surface area contributed by atoms with Crippen molar-refractivity contribution in [2.75, 3.05) is 39.8 Å². The summed E-state index contributed by atoms with van der Waals surface area (Å²) in [6.45, 7) is 11.1. The summed E-state index contributed by atoms with van der Waals surface area (Å²) in [5.74, 6) is 0.819. The predicted molar refractivity (Wildman–Crippen MR) is 99.4 cm³/mol. The fraction of sp³-hybridized carbons (Fsp3) is 0.833. The summed E-state index contributed by atoms with van der Waals surface area (Å²) in [5, 5.41) is 3.15. The number of carbonyl (C=O) groups excluding carboxylic acids is 2. The lowest BCUT2D eigenvalue weighted by Crippen LogP contribution is -2.66. The number of nitrogens with one attached hydrogen (secondary N) is 1. The van der Waals surface area contributed by atoms with Gasteiger partial charge >= 0.3 is 0 Å². The fourth-order valence-electron chi connectivity index (χ4n) is 4.05. The van der Waals surface area contributed by atoms with Gasteiger partial charge in [-0.15, -0.1) is 0 Å². The van der Waals surface area contributed by atoms with E-state index in [0.29, 0.717) is 19.0 Å². The van der Waals surface area contributed by atoms with Gasteiger partial charge in [0.05, 0.1) is 18.6 Å². The maximum absolute atomic E-state index is 12.6. The van der Waals surface area contributed by atoms with Crippen LogP contribution < -0.4 is 5.32 Å². The number of likely N-dealkylation sites (tertiary alicyclic amines) is 1. The first-order chi connectivity index (χ1) is 11.8. The summed E-state index contributed by atoms with van der Waals surface area (Å²) in [7, 11) is 1.69. The van der Waals surface area contributed by atoms with E-state index in [0.717, 1.165) is 25.9 Å². The van der Waals surface area contributed by atoms with E-state index < -0.39 is 0 Å². The van der Waals surface area contributed by atoms with Gasteiger partial charge in [0, 0.05) is 32.7 Å². The summed E-state index contributed by atoms with van der Waals surface area (Å²) in [5.41, 5.74) is -0.280. The number of rotatable bonds is 3. The van der Waals surface area contributed by atoms with Crippen molar-refractivity contribution in [3.8, 4) is 0 Å². The number of hydrogen-bond donors (Lipinski definition) is 1. The quantitative estimate of drug-likeness (QED) is 0.606. The van der Waals surface area contributed by atoms with Crippen molar-refractivity contribution in [3.05, 3.63) is 0 Å². The van der Waals surface area contributed by atoms with E-state index in [1.165, 1.54) is 6.42 Å². The molecule has 7 heteroatoms. The first kappa shape index (κ1) is 19.5. The molecule has 0 aromatic heterocycles. The molecule has 1 N–H and O–H groups in total. The number of hydrogen-bond acceptors (Lipinski definition) is 3. The lowest BCUT2D eigenvalue weighted by Gasteiger charge is -2.49. The molecular formula is C18H33N5O2. The van der Waals surface area contributed by atoms with E-state index in [-0.39, 0.29) is 29.9 Å². The minimum absolute atomic E-state index is 0.0940. The van der Waals surface area contributed by atoms with Crippen LogP contribution in [0.5, 0.6) is 0 Å². The van der Waals surface area contributed by atoms with Crippen molar-refractivity contribution in [3.63, 3.8) is 0 Å². The van der Waals surface area contributed by atoms with Gasteiger partial charge in [-0.2, -0.15) is 0 Å². The van der Waals surface area contributed by atoms with Gasteiger partial charge in [-0.1, -0.05) is 0 Å². The molecule has 0 unspecified atom stereocenters. The number of carbonyl (C=O) groups is 2. The van der Waals surface area contributed by atoms with Crippen LogP contribution in [0.4, 0.5) is 0 Å². The Kier molecular flexibility index (Phi) is 6.30. The highest BCUT2D eigenvalue weighted by molar-refractivity contribution is 5.90. The van der Waals surface area contributed by atoms with Crippen LogP contribution in [0.3, 0.4) is 0 Å². The van der Waals surface area contributed by atoms with E-state index in [9.17, 15) is 9.59 Å². The zero-order valence-electron chi connectivity index (χ0n) is 16.3. The number of amides is 2. The molecule has 2 fully saturated rings. The molecule has 0 saturated carbocycles. The Morgan fingerprint density at radius 1 is 1.20 bits per heavy atom. The average molecular weight is 351 g/mol. The van der Waals surface area contributed by atoms with Crippen molar-refractivity contribution in [1.29, 1.82) is 0 Å². The highest BCUT2D eigenvalue weighted by atomic mass is 16.2. The Balaban J connectivity index is 1.96. The molecule has 25 heavy (non-hydrogen) atoms. The molecule has 2 aliphatic rings. The summed E-state index contributed by atoms with van der Waals surface area (Å²) in [6.07, 6.45) is 3.37. The molecule has 0 radical (unpaired) electrons. The van der Waals surface area contributed by atoms with E-state index >= 15 is 0 Å². The molecule has 7 nitrogen and oxygen atoms in total. The zero-order valence-corrected chi connectivity index (χ0v) is 16.3. The molecule has 0 aromatic rings. The van der Waals surface area contributed by atoms with Crippen molar-refractivity contribution in [2.24, 2.45) is 4.99 Å². The zero-order chi connectivity index (χ0) is 18.6. The average Bonchev–Trinajstić information content (AvgIpc) is 2.54. The van der Waals surface area contributed by atoms with Crippen molar-refractivity contribution < 1.29 is 9.59 Å².